The molecule has 3 rings (SSSR count). The van der Waals surface area contributed by atoms with Crippen LogP contribution in [0.25, 0.3) is 10.8 Å². The topological polar surface area (TPSA) is 23.5 Å². The van der Waals surface area contributed by atoms with Crippen LogP contribution in [-0.2, 0) is 12.8 Å². The lowest BCUT2D eigenvalue weighted by Crippen LogP contribution is -2.32. The first-order valence-corrected chi connectivity index (χ1v) is 11.8. The molecule has 0 spiro atoms. The zero-order valence-corrected chi connectivity index (χ0v) is 19.3. The van der Waals surface area contributed by atoms with Gasteiger partial charge in [-0.05, 0) is 109 Å². The van der Waals surface area contributed by atoms with Gasteiger partial charge in [0.15, 0.2) is 0 Å². The van der Waals surface area contributed by atoms with Crippen molar-refractivity contribution < 1.29 is 5.11 Å². The third-order valence-corrected chi connectivity index (χ3v) is 6.56. The van der Waals surface area contributed by atoms with Crippen molar-refractivity contribution in [2.75, 3.05) is 19.6 Å². The van der Waals surface area contributed by atoms with Crippen molar-refractivity contribution >= 4 is 10.8 Å². The van der Waals surface area contributed by atoms with Crippen molar-refractivity contribution in [3.8, 4) is 0 Å². The van der Waals surface area contributed by atoms with Crippen LogP contribution in [0.1, 0.15) is 81.7 Å². The van der Waals surface area contributed by atoms with Gasteiger partial charge < -0.3 is 10.0 Å². The average molecular weight is 396 g/mol. The van der Waals surface area contributed by atoms with Gasteiger partial charge in [0, 0.05) is 6.54 Å². The average Bonchev–Trinajstić information content (AvgIpc) is 2.69. The number of hydrogen-bond donors (Lipinski definition) is 1. The van der Waals surface area contributed by atoms with Gasteiger partial charge in [-0.3, -0.25) is 0 Å². The Labute approximate surface area is 178 Å². The summed E-state index contributed by atoms with van der Waals surface area (Å²) in [5.74, 6) is 1.39. The number of rotatable bonds is 9. The molecular formula is C27H41NO. The van der Waals surface area contributed by atoms with Crippen molar-refractivity contribution in [1.82, 2.24) is 4.90 Å². The summed E-state index contributed by atoms with van der Waals surface area (Å²) in [6.07, 6.45) is 6.99. The zero-order valence-electron chi connectivity index (χ0n) is 19.3. The van der Waals surface area contributed by atoms with Crippen molar-refractivity contribution in [2.45, 2.75) is 79.2 Å². The molecule has 2 aromatic carbocycles. The van der Waals surface area contributed by atoms with E-state index < -0.39 is 6.10 Å². The fraction of sp³-hybridized carbons (Fsp3) is 0.630. The van der Waals surface area contributed by atoms with Crippen LogP contribution in [0.2, 0.25) is 0 Å². The summed E-state index contributed by atoms with van der Waals surface area (Å²) in [6, 6.07) is 9.10. The molecule has 2 nitrogen and oxygen atoms in total. The van der Waals surface area contributed by atoms with Crippen LogP contribution in [0.4, 0.5) is 0 Å². The Balaban J connectivity index is 1.79. The van der Waals surface area contributed by atoms with Gasteiger partial charge in [-0.15, -0.1) is 0 Å². The van der Waals surface area contributed by atoms with E-state index in [0.717, 1.165) is 25.2 Å². The Bertz CT molecular complexity index is 796. The van der Waals surface area contributed by atoms with E-state index in [4.69, 9.17) is 0 Å². The molecule has 2 heteroatoms. The summed E-state index contributed by atoms with van der Waals surface area (Å²) in [7, 11) is 0. The third-order valence-electron chi connectivity index (χ3n) is 6.56. The van der Waals surface area contributed by atoms with E-state index in [2.05, 4.69) is 63.8 Å². The Hall–Kier alpha value is -1.38. The highest BCUT2D eigenvalue weighted by molar-refractivity contribution is 5.90. The molecule has 29 heavy (non-hydrogen) atoms. The molecule has 1 atom stereocenters. The van der Waals surface area contributed by atoms with Crippen LogP contribution in [0.5, 0.6) is 0 Å². The van der Waals surface area contributed by atoms with E-state index >= 15 is 0 Å². The first kappa shape index (κ1) is 22.3. The fourth-order valence-electron chi connectivity index (χ4n) is 4.62. The molecule has 0 bridgehead atoms. The summed E-state index contributed by atoms with van der Waals surface area (Å²) in [5.41, 5.74) is 5.51. The molecule has 160 valence electrons. The lowest BCUT2D eigenvalue weighted by atomic mass is 9.85. The predicted octanol–water partition coefficient (Wildman–Crippen LogP) is 6.45. The van der Waals surface area contributed by atoms with E-state index in [9.17, 15) is 5.11 Å². The number of hydrogen-bond acceptors (Lipinski definition) is 2. The SMILES string of the molecule is Cc1cc2c(c3ccc(C(O)CN(CCC(C)C)CCC(C)C)cc13)CCCC2. The molecule has 1 unspecified atom stereocenters. The molecule has 1 aliphatic rings. The van der Waals surface area contributed by atoms with Crippen molar-refractivity contribution in [1.29, 1.82) is 0 Å². The van der Waals surface area contributed by atoms with E-state index in [1.54, 1.807) is 11.1 Å². The fourth-order valence-corrected chi connectivity index (χ4v) is 4.62. The standard InChI is InChI=1S/C27H41NO/c1-19(2)12-14-28(15-13-20(3)4)18-27(29)23-10-11-25-24-9-7-6-8-22(24)16-21(5)26(25)17-23/h10-11,16-17,19-20,27,29H,6-9,12-15,18H2,1-5H3. The smallest absolute Gasteiger partial charge is 0.0917 e. The van der Waals surface area contributed by atoms with Crippen LogP contribution >= 0.6 is 0 Å². The Morgan fingerprint density at radius 2 is 1.55 bits per heavy atom. The molecule has 1 aliphatic carbocycles. The first-order valence-electron chi connectivity index (χ1n) is 11.8. The molecule has 0 aromatic heterocycles. The normalized spacial score (nSPS) is 15.5. The van der Waals surface area contributed by atoms with Gasteiger partial charge in [-0.2, -0.15) is 0 Å². The number of benzene rings is 2. The Morgan fingerprint density at radius 1 is 0.897 bits per heavy atom. The largest absolute Gasteiger partial charge is 0.387 e. The minimum Gasteiger partial charge on any atom is -0.387 e. The van der Waals surface area contributed by atoms with Crippen LogP contribution in [0.15, 0.2) is 24.3 Å². The second kappa shape index (κ2) is 10.1. The van der Waals surface area contributed by atoms with Gasteiger partial charge in [0.1, 0.15) is 0 Å². The van der Waals surface area contributed by atoms with Crippen LogP contribution < -0.4 is 0 Å². The Kier molecular flexibility index (Phi) is 7.76. The first-order chi connectivity index (χ1) is 13.8. The number of fused-ring (bicyclic) bond motifs is 3. The van der Waals surface area contributed by atoms with Crippen molar-refractivity contribution in [3.63, 3.8) is 0 Å². The van der Waals surface area contributed by atoms with Crippen molar-refractivity contribution in [3.05, 3.63) is 46.5 Å². The van der Waals surface area contributed by atoms with Gasteiger partial charge in [0.05, 0.1) is 6.10 Å². The van der Waals surface area contributed by atoms with Gasteiger partial charge >= 0.3 is 0 Å². The van der Waals surface area contributed by atoms with Crippen molar-refractivity contribution in [2.24, 2.45) is 11.8 Å². The quantitative estimate of drug-likeness (QED) is 0.527. The highest BCUT2D eigenvalue weighted by Gasteiger charge is 2.18. The Morgan fingerprint density at radius 3 is 2.21 bits per heavy atom. The summed E-state index contributed by atoms with van der Waals surface area (Å²) in [5, 5.41) is 13.8. The molecule has 0 amide bonds. The summed E-state index contributed by atoms with van der Waals surface area (Å²) in [4.78, 5) is 2.47. The van der Waals surface area contributed by atoms with E-state index in [0.29, 0.717) is 11.8 Å². The molecule has 1 N–H and O–H groups in total. The second-order valence-electron chi connectivity index (χ2n) is 10.0. The maximum Gasteiger partial charge on any atom is 0.0917 e. The monoisotopic (exact) mass is 395 g/mol. The number of aliphatic hydroxyl groups is 1. The molecule has 0 heterocycles. The van der Waals surface area contributed by atoms with Gasteiger partial charge in [0.25, 0.3) is 0 Å². The van der Waals surface area contributed by atoms with E-state index in [1.807, 2.05) is 0 Å². The number of aryl methyl sites for hydroxylation is 3. The maximum absolute atomic E-state index is 11.1. The van der Waals surface area contributed by atoms with Crippen LogP contribution in [0, 0.1) is 18.8 Å². The van der Waals surface area contributed by atoms with Gasteiger partial charge in [0.2, 0.25) is 0 Å². The number of aliphatic hydroxyl groups excluding tert-OH is 1. The van der Waals surface area contributed by atoms with E-state index in [1.165, 1.54) is 54.9 Å². The lowest BCUT2D eigenvalue weighted by molar-refractivity contribution is 0.107. The second-order valence-corrected chi connectivity index (χ2v) is 10.0. The lowest BCUT2D eigenvalue weighted by Gasteiger charge is -2.27. The molecule has 0 saturated carbocycles. The number of nitrogens with zero attached hydrogens (tertiary/aromatic N) is 1. The van der Waals surface area contributed by atoms with Gasteiger partial charge in [-0.25, -0.2) is 0 Å². The zero-order chi connectivity index (χ0) is 21.0. The summed E-state index contributed by atoms with van der Waals surface area (Å²) in [6.45, 7) is 14.2. The van der Waals surface area contributed by atoms with E-state index in [-0.39, 0.29) is 0 Å². The molecule has 0 aliphatic heterocycles. The maximum atomic E-state index is 11.1. The van der Waals surface area contributed by atoms with Crippen LogP contribution in [-0.4, -0.2) is 29.6 Å². The molecule has 0 fully saturated rings. The molecular weight excluding hydrogens is 354 g/mol. The van der Waals surface area contributed by atoms with Gasteiger partial charge in [-0.1, -0.05) is 45.9 Å². The molecule has 0 saturated heterocycles. The molecule has 0 radical (unpaired) electrons. The minimum atomic E-state index is -0.422. The highest BCUT2D eigenvalue weighted by atomic mass is 16.3. The highest BCUT2D eigenvalue weighted by Crippen LogP contribution is 2.33. The minimum absolute atomic E-state index is 0.422. The predicted molar refractivity (Wildman–Crippen MR) is 126 cm³/mol. The van der Waals surface area contributed by atoms with Crippen LogP contribution in [0.3, 0.4) is 0 Å². The third kappa shape index (κ3) is 5.83. The summed E-state index contributed by atoms with van der Waals surface area (Å²) >= 11 is 0. The molecule has 2 aromatic rings. The summed E-state index contributed by atoms with van der Waals surface area (Å²) < 4.78 is 0.